The van der Waals surface area contributed by atoms with Crippen LogP contribution >= 0.6 is 0 Å². The Bertz CT molecular complexity index is 307. The zero-order valence-corrected chi connectivity index (χ0v) is 8.28. The van der Waals surface area contributed by atoms with Gasteiger partial charge in [0.05, 0.1) is 6.54 Å². The summed E-state index contributed by atoms with van der Waals surface area (Å²) in [6, 6.07) is 10.4. The first-order valence-corrected chi connectivity index (χ1v) is 5.12. The second kappa shape index (κ2) is 4.38. The zero-order chi connectivity index (χ0) is 9.80. The molecule has 2 heteroatoms. The van der Waals surface area contributed by atoms with Crippen molar-refractivity contribution in [3.8, 4) is 0 Å². The average Bonchev–Trinajstić information content (AvgIpc) is 2.63. The van der Waals surface area contributed by atoms with Crippen molar-refractivity contribution in [2.24, 2.45) is 0 Å². The van der Waals surface area contributed by atoms with Crippen LogP contribution in [0.3, 0.4) is 0 Å². The minimum Gasteiger partial charge on any atom is -0.298 e. The molecule has 0 radical (unpaired) electrons. The maximum absolute atomic E-state index is 11.0. The highest BCUT2D eigenvalue weighted by atomic mass is 16.1. The molecule has 0 bridgehead atoms. The van der Waals surface area contributed by atoms with Crippen molar-refractivity contribution in [1.29, 1.82) is 0 Å². The number of Topliss-reactive ketones (excluding diaryl/α,β-unsaturated/α-hetero) is 1. The quantitative estimate of drug-likeness (QED) is 0.718. The smallest absolute Gasteiger partial charge is 0.148 e. The van der Waals surface area contributed by atoms with Crippen molar-refractivity contribution in [1.82, 2.24) is 4.90 Å². The predicted octanol–water partition coefficient (Wildman–Crippen LogP) is 1.50. The van der Waals surface area contributed by atoms with E-state index in [4.69, 9.17) is 0 Å². The summed E-state index contributed by atoms with van der Waals surface area (Å²) >= 11 is 0. The molecule has 0 aromatic heterocycles. The summed E-state index contributed by atoms with van der Waals surface area (Å²) in [5.74, 6) is 0.387. The second-order valence-electron chi connectivity index (χ2n) is 3.80. The molecule has 1 fully saturated rings. The lowest BCUT2D eigenvalue weighted by Gasteiger charge is -2.12. The van der Waals surface area contributed by atoms with Gasteiger partial charge >= 0.3 is 0 Å². The van der Waals surface area contributed by atoms with E-state index in [1.165, 1.54) is 5.56 Å². The number of rotatable bonds is 3. The number of hydrogen-bond acceptors (Lipinski definition) is 2. The molecular formula is C12H15NO. The summed E-state index contributed by atoms with van der Waals surface area (Å²) in [5.41, 5.74) is 1.35. The fourth-order valence-electron chi connectivity index (χ4n) is 1.81. The highest BCUT2D eigenvalue weighted by Crippen LogP contribution is 2.06. The molecule has 1 aliphatic heterocycles. The van der Waals surface area contributed by atoms with Gasteiger partial charge in [0.15, 0.2) is 0 Å². The first-order chi connectivity index (χ1) is 6.84. The summed E-state index contributed by atoms with van der Waals surface area (Å²) in [4.78, 5) is 13.3. The fourth-order valence-corrected chi connectivity index (χ4v) is 1.81. The summed E-state index contributed by atoms with van der Waals surface area (Å²) in [6.45, 7) is 2.62. The first kappa shape index (κ1) is 9.41. The molecule has 14 heavy (non-hydrogen) atoms. The predicted molar refractivity (Wildman–Crippen MR) is 56.2 cm³/mol. The van der Waals surface area contributed by atoms with E-state index in [1.807, 2.05) is 6.07 Å². The normalized spacial score (nSPS) is 17.6. The summed E-state index contributed by atoms with van der Waals surface area (Å²) in [7, 11) is 0. The van der Waals surface area contributed by atoms with E-state index in [9.17, 15) is 4.79 Å². The first-order valence-electron chi connectivity index (χ1n) is 5.12. The number of carbonyl (C=O) groups is 1. The zero-order valence-electron chi connectivity index (χ0n) is 8.28. The molecule has 74 valence electrons. The molecule has 0 aliphatic carbocycles. The topological polar surface area (TPSA) is 20.3 Å². The van der Waals surface area contributed by atoms with Gasteiger partial charge in [-0.3, -0.25) is 9.69 Å². The molecule has 1 heterocycles. The summed E-state index contributed by atoms with van der Waals surface area (Å²) in [6.07, 6.45) is 1.79. The molecular weight excluding hydrogens is 174 g/mol. The van der Waals surface area contributed by atoms with Crippen LogP contribution in [0.5, 0.6) is 0 Å². The number of nitrogens with zero attached hydrogens (tertiary/aromatic N) is 1. The van der Waals surface area contributed by atoms with Crippen LogP contribution in [0, 0.1) is 0 Å². The van der Waals surface area contributed by atoms with Crippen LogP contribution < -0.4 is 0 Å². The van der Waals surface area contributed by atoms with E-state index >= 15 is 0 Å². The Morgan fingerprint density at radius 2 is 2.00 bits per heavy atom. The van der Waals surface area contributed by atoms with E-state index in [2.05, 4.69) is 29.2 Å². The van der Waals surface area contributed by atoms with E-state index in [0.717, 1.165) is 25.9 Å². The minimum atomic E-state index is 0.387. The van der Waals surface area contributed by atoms with E-state index in [-0.39, 0.29) is 0 Å². The summed E-state index contributed by atoms with van der Waals surface area (Å²) in [5, 5.41) is 0. The number of benzene rings is 1. The van der Waals surface area contributed by atoms with Crippen molar-refractivity contribution in [3.05, 3.63) is 35.9 Å². The van der Waals surface area contributed by atoms with Crippen LogP contribution in [0.2, 0.25) is 0 Å². The SMILES string of the molecule is O=C1CCN(CCc2ccccc2)C1. The maximum atomic E-state index is 11.0. The third-order valence-electron chi connectivity index (χ3n) is 2.67. The van der Waals surface area contributed by atoms with Gasteiger partial charge in [-0.25, -0.2) is 0 Å². The van der Waals surface area contributed by atoms with Crippen LogP contribution in [-0.2, 0) is 11.2 Å². The Balaban J connectivity index is 1.80. The molecule has 2 nitrogen and oxygen atoms in total. The fraction of sp³-hybridized carbons (Fsp3) is 0.417. The molecule has 1 aromatic rings. The van der Waals surface area contributed by atoms with Crippen molar-refractivity contribution < 1.29 is 4.79 Å². The molecule has 1 aliphatic rings. The molecule has 0 saturated carbocycles. The lowest BCUT2D eigenvalue weighted by Crippen LogP contribution is -2.23. The van der Waals surface area contributed by atoms with Gasteiger partial charge in [0.2, 0.25) is 0 Å². The van der Waals surface area contributed by atoms with Gasteiger partial charge in [-0.05, 0) is 12.0 Å². The largest absolute Gasteiger partial charge is 0.298 e. The van der Waals surface area contributed by atoms with Crippen molar-refractivity contribution in [2.45, 2.75) is 12.8 Å². The van der Waals surface area contributed by atoms with Crippen LogP contribution in [-0.4, -0.2) is 30.3 Å². The van der Waals surface area contributed by atoms with E-state index in [1.54, 1.807) is 0 Å². The lowest BCUT2D eigenvalue weighted by atomic mass is 10.1. The van der Waals surface area contributed by atoms with Gasteiger partial charge < -0.3 is 0 Å². The van der Waals surface area contributed by atoms with E-state index < -0.39 is 0 Å². The Hall–Kier alpha value is -1.15. The lowest BCUT2D eigenvalue weighted by molar-refractivity contribution is -0.116. The maximum Gasteiger partial charge on any atom is 0.148 e. The third kappa shape index (κ3) is 2.42. The second-order valence-corrected chi connectivity index (χ2v) is 3.80. The van der Waals surface area contributed by atoms with Crippen molar-refractivity contribution >= 4 is 5.78 Å². The molecule has 0 amide bonds. The molecule has 0 N–H and O–H groups in total. The molecule has 2 rings (SSSR count). The minimum absolute atomic E-state index is 0.387. The summed E-state index contributed by atoms with van der Waals surface area (Å²) < 4.78 is 0. The molecule has 1 aromatic carbocycles. The van der Waals surface area contributed by atoms with E-state index in [0.29, 0.717) is 12.3 Å². The molecule has 0 unspecified atom stereocenters. The van der Waals surface area contributed by atoms with Crippen molar-refractivity contribution in [2.75, 3.05) is 19.6 Å². The van der Waals surface area contributed by atoms with Crippen LogP contribution in [0.4, 0.5) is 0 Å². The molecule has 1 saturated heterocycles. The Labute approximate surface area is 84.5 Å². The van der Waals surface area contributed by atoms with Gasteiger partial charge in [-0.1, -0.05) is 30.3 Å². The number of carbonyl (C=O) groups excluding carboxylic acids is 1. The van der Waals surface area contributed by atoms with Gasteiger partial charge in [-0.15, -0.1) is 0 Å². The van der Waals surface area contributed by atoms with Gasteiger partial charge in [0, 0.05) is 19.5 Å². The van der Waals surface area contributed by atoms with Crippen molar-refractivity contribution in [3.63, 3.8) is 0 Å². The van der Waals surface area contributed by atoms with Gasteiger partial charge in [0.25, 0.3) is 0 Å². The molecule has 0 spiro atoms. The number of ketones is 1. The van der Waals surface area contributed by atoms with Gasteiger partial charge in [-0.2, -0.15) is 0 Å². The van der Waals surface area contributed by atoms with Crippen LogP contribution in [0.1, 0.15) is 12.0 Å². The van der Waals surface area contributed by atoms with Crippen LogP contribution in [0.25, 0.3) is 0 Å². The number of hydrogen-bond donors (Lipinski definition) is 0. The highest BCUT2D eigenvalue weighted by Gasteiger charge is 2.18. The Morgan fingerprint density at radius 1 is 1.21 bits per heavy atom. The average molecular weight is 189 g/mol. The highest BCUT2D eigenvalue weighted by molar-refractivity contribution is 5.82. The molecule has 0 atom stereocenters. The van der Waals surface area contributed by atoms with Gasteiger partial charge in [0.1, 0.15) is 5.78 Å². The monoisotopic (exact) mass is 189 g/mol. The number of likely N-dealkylation sites (tertiary alicyclic amines) is 1. The Morgan fingerprint density at radius 3 is 2.64 bits per heavy atom. The standard InChI is InChI=1S/C12H15NO/c14-12-7-9-13(10-12)8-6-11-4-2-1-3-5-11/h1-5H,6-10H2. The van der Waals surface area contributed by atoms with Crippen LogP contribution in [0.15, 0.2) is 30.3 Å². The third-order valence-corrected chi connectivity index (χ3v) is 2.67. The Kier molecular flexibility index (Phi) is 2.94.